The number of rotatable bonds is 4. The summed E-state index contributed by atoms with van der Waals surface area (Å²) >= 11 is 1.26. The third-order valence-corrected chi connectivity index (χ3v) is 6.93. The number of imidazole rings is 1. The molecule has 3 heterocycles. The highest BCUT2D eigenvalue weighted by Crippen LogP contribution is 2.28. The van der Waals surface area contributed by atoms with Crippen molar-refractivity contribution in [3.8, 4) is 0 Å². The average molecular weight is 440 g/mol. The first-order valence-corrected chi connectivity index (χ1v) is 11.1. The van der Waals surface area contributed by atoms with Crippen molar-refractivity contribution in [1.82, 2.24) is 19.4 Å². The summed E-state index contributed by atoms with van der Waals surface area (Å²) in [6.45, 7) is 3.31. The number of thiazole rings is 1. The molecule has 0 aliphatic carbocycles. The van der Waals surface area contributed by atoms with E-state index in [1.807, 2.05) is 35.8 Å². The molecule has 9 heteroatoms. The van der Waals surface area contributed by atoms with Crippen molar-refractivity contribution >= 4 is 43.6 Å². The number of nitrogens with one attached hydrogen (secondary N) is 2. The Morgan fingerprint density at radius 1 is 1.26 bits per heavy atom. The van der Waals surface area contributed by atoms with Gasteiger partial charge in [-0.15, -0.1) is 0 Å². The normalized spacial score (nSPS) is 16.7. The first-order chi connectivity index (χ1) is 15.0. The van der Waals surface area contributed by atoms with E-state index in [0.29, 0.717) is 15.3 Å². The van der Waals surface area contributed by atoms with Gasteiger partial charge in [-0.2, -0.15) is 0 Å². The Morgan fingerprint density at radius 2 is 2.03 bits per heavy atom. The van der Waals surface area contributed by atoms with Gasteiger partial charge in [0.1, 0.15) is 5.82 Å². The summed E-state index contributed by atoms with van der Waals surface area (Å²) in [5.74, 6) is -0.457. The lowest BCUT2D eigenvalue weighted by Crippen LogP contribution is -2.46. The van der Waals surface area contributed by atoms with Crippen LogP contribution in [-0.2, 0) is 4.79 Å². The van der Waals surface area contributed by atoms with Crippen molar-refractivity contribution in [3.05, 3.63) is 58.8 Å². The molecule has 0 saturated carbocycles. The molecule has 2 N–H and O–H groups in total. The van der Waals surface area contributed by atoms with Gasteiger partial charge in [0, 0.05) is 19.1 Å². The summed E-state index contributed by atoms with van der Waals surface area (Å²) in [4.78, 5) is 34.6. The lowest BCUT2D eigenvalue weighted by molar-refractivity contribution is -0.121. The highest BCUT2D eigenvalue weighted by atomic mass is 32.1. The summed E-state index contributed by atoms with van der Waals surface area (Å²) in [5, 5.41) is 3.33. The van der Waals surface area contributed by atoms with Gasteiger partial charge >= 0.3 is 5.69 Å². The van der Waals surface area contributed by atoms with E-state index in [4.69, 9.17) is 0 Å². The van der Waals surface area contributed by atoms with E-state index in [2.05, 4.69) is 20.2 Å². The molecule has 4 aromatic rings. The molecule has 1 saturated heterocycles. The number of para-hydroxylation sites is 2. The van der Waals surface area contributed by atoms with Gasteiger partial charge in [0.05, 0.1) is 27.3 Å². The van der Waals surface area contributed by atoms with Gasteiger partial charge in [-0.05, 0) is 50.1 Å². The van der Waals surface area contributed by atoms with Crippen LogP contribution in [-0.4, -0.2) is 44.5 Å². The summed E-state index contributed by atoms with van der Waals surface area (Å²) in [6, 6.07) is 11.9. The van der Waals surface area contributed by atoms with Crippen LogP contribution in [0.2, 0.25) is 0 Å². The number of H-pyrrole nitrogens is 1. The standard InChI is InChI=1S/C22H22FN5O2S/c1-13(20(29)26-21-24-17-7-6-14(23)12-19(17)31-21)27-10-8-15(9-11-27)28-18-5-3-2-4-16(18)25-22(28)30/h2-7,12-13,15H,8-11H2,1H3,(H,25,30)(H,24,26,29). The number of amides is 1. The molecule has 1 aliphatic rings. The molecular formula is C22H22FN5O2S. The highest BCUT2D eigenvalue weighted by molar-refractivity contribution is 7.22. The van der Waals surface area contributed by atoms with E-state index in [1.165, 1.54) is 23.5 Å². The van der Waals surface area contributed by atoms with E-state index >= 15 is 0 Å². The van der Waals surface area contributed by atoms with Gasteiger partial charge in [0.2, 0.25) is 5.91 Å². The lowest BCUT2D eigenvalue weighted by Gasteiger charge is -2.35. The minimum atomic E-state index is -0.329. The maximum Gasteiger partial charge on any atom is 0.326 e. The molecule has 2 aromatic heterocycles. The van der Waals surface area contributed by atoms with Gasteiger partial charge in [0.25, 0.3) is 0 Å². The Hall–Kier alpha value is -3.04. The number of likely N-dealkylation sites (tertiary alicyclic amines) is 1. The quantitative estimate of drug-likeness (QED) is 0.507. The number of aromatic nitrogens is 3. The Balaban J connectivity index is 1.25. The number of anilines is 1. The molecule has 31 heavy (non-hydrogen) atoms. The van der Waals surface area contributed by atoms with Crippen LogP contribution in [0.15, 0.2) is 47.3 Å². The smallest absolute Gasteiger partial charge is 0.306 e. The molecule has 7 nitrogen and oxygen atoms in total. The predicted octanol–water partition coefficient (Wildman–Crippen LogP) is 3.74. The average Bonchev–Trinajstić information content (AvgIpc) is 3.32. The fourth-order valence-corrected chi connectivity index (χ4v) is 5.19. The molecule has 160 valence electrons. The van der Waals surface area contributed by atoms with Gasteiger partial charge in [-0.25, -0.2) is 14.2 Å². The fraction of sp³-hybridized carbons (Fsp3) is 0.318. The number of halogens is 1. The largest absolute Gasteiger partial charge is 0.326 e. The van der Waals surface area contributed by atoms with E-state index in [9.17, 15) is 14.0 Å². The van der Waals surface area contributed by atoms with E-state index in [0.717, 1.165) is 37.0 Å². The summed E-state index contributed by atoms with van der Waals surface area (Å²) in [5.41, 5.74) is 2.35. The molecule has 0 radical (unpaired) electrons. The predicted molar refractivity (Wildman–Crippen MR) is 120 cm³/mol. The molecule has 5 rings (SSSR count). The summed E-state index contributed by atoms with van der Waals surface area (Å²) in [6.07, 6.45) is 1.58. The SMILES string of the molecule is CC(C(=O)Nc1nc2ccc(F)cc2s1)N1CCC(n2c(=O)[nH]c3ccccc32)CC1. The second-order valence-corrected chi connectivity index (χ2v) is 8.91. The van der Waals surface area contributed by atoms with Crippen molar-refractivity contribution in [3.63, 3.8) is 0 Å². The van der Waals surface area contributed by atoms with Crippen LogP contribution in [0.3, 0.4) is 0 Å². The van der Waals surface area contributed by atoms with Crippen LogP contribution >= 0.6 is 11.3 Å². The second kappa shape index (κ2) is 7.90. The molecule has 0 bridgehead atoms. The van der Waals surface area contributed by atoms with Crippen molar-refractivity contribution in [1.29, 1.82) is 0 Å². The van der Waals surface area contributed by atoms with Crippen molar-refractivity contribution in [2.24, 2.45) is 0 Å². The number of nitrogens with zero attached hydrogens (tertiary/aromatic N) is 3. The van der Waals surface area contributed by atoms with Crippen molar-refractivity contribution in [2.75, 3.05) is 18.4 Å². The van der Waals surface area contributed by atoms with Gasteiger partial charge in [-0.1, -0.05) is 23.5 Å². The zero-order valence-corrected chi connectivity index (χ0v) is 17.8. The molecule has 2 aromatic carbocycles. The number of hydrogen-bond acceptors (Lipinski definition) is 5. The highest BCUT2D eigenvalue weighted by Gasteiger charge is 2.29. The van der Waals surface area contributed by atoms with Crippen molar-refractivity contribution < 1.29 is 9.18 Å². The van der Waals surface area contributed by atoms with Crippen LogP contribution < -0.4 is 11.0 Å². The molecule has 1 amide bonds. The van der Waals surface area contributed by atoms with Crippen LogP contribution in [0.4, 0.5) is 9.52 Å². The molecule has 0 spiro atoms. The minimum Gasteiger partial charge on any atom is -0.306 e. The maximum atomic E-state index is 13.4. The van der Waals surface area contributed by atoms with E-state index in [1.54, 1.807) is 6.07 Å². The monoisotopic (exact) mass is 439 g/mol. The maximum absolute atomic E-state index is 13.4. The lowest BCUT2D eigenvalue weighted by atomic mass is 10.0. The fourth-order valence-electron chi connectivity index (χ4n) is 4.30. The zero-order chi connectivity index (χ0) is 21.5. The topological polar surface area (TPSA) is 83.0 Å². The molecule has 1 atom stereocenters. The Labute approximate surface area is 181 Å². The first-order valence-electron chi connectivity index (χ1n) is 10.3. The van der Waals surface area contributed by atoms with Gasteiger partial charge in [-0.3, -0.25) is 14.3 Å². The van der Waals surface area contributed by atoms with Gasteiger partial charge < -0.3 is 10.3 Å². The van der Waals surface area contributed by atoms with Crippen LogP contribution in [0.1, 0.15) is 25.8 Å². The number of fused-ring (bicyclic) bond motifs is 2. The van der Waals surface area contributed by atoms with Crippen molar-refractivity contribution in [2.45, 2.75) is 31.8 Å². The minimum absolute atomic E-state index is 0.0854. The van der Waals surface area contributed by atoms with Gasteiger partial charge in [0.15, 0.2) is 5.13 Å². The Bertz CT molecular complexity index is 1320. The number of carbonyl (C=O) groups is 1. The number of carbonyl (C=O) groups excluding carboxylic acids is 1. The molecule has 1 unspecified atom stereocenters. The second-order valence-electron chi connectivity index (χ2n) is 7.88. The van der Waals surface area contributed by atoms with Crippen LogP contribution in [0.25, 0.3) is 21.3 Å². The third-order valence-electron chi connectivity index (χ3n) is 6.00. The number of piperidine rings is 1. The first kappa shape index (κ1) is 19.9. The summed E-state index contributed by atoms with van der Waals surface area (Å²) in [7, 11) is 0. The van der Waals surface area contributed by atoms with E-state index < -0.39 is 0 Å². The molecule has 1 fully saturated rings. The summed E-state index contributed by atoms with van der Waals surface area (Å²) < 4.78 is 15.9. The zero-order valence-electron chi connectivity index (χ0n) is 17.0. The number of hydrogen-bond donors (Lipinski definition) is 2. The Morgan fingerprint density at radius 3 is 2.84 bits per heavy atom. The molecular weight excluding hydrogens is 417 g/mol. The van der Waals surface area contributed by atoms with Crippen LogP contribution in [0.5, 0.6) is 0 Å². The number of aromatic amines is 1. The Kier molecular flexibility index (Phi) is 5.07. The van der Waals surface area contributed by atoms with Crippen LogP contribution in [0, 0.1) is 5.82 Å². The third kappa shape index (κ3) is 3.75. The molecule has 1 aliphatic heterocycles. The van der Waals surface area contributed by atoms with E-state index in [-0.39, 0.29) is 29.5 Å². The number of benzene rings is 2.